The molecule has 2 N–H and O–H groups in total. The lowest BCUT2D eigenvalue weighted by Crippen LogP contribution is -2.15. The number of thioether (sulfide) groups is 1. The van der Waals surface area contributed by atoms with Gasteiger partial charge in [-0.15, -0.1) is 11.3 Å². The van der Waals surface area contributed by atoms with E-state index in [-0.39, 0.29) is 11.4 Å². The molecule has 18 heavy (non-hydrogen) atoms. The summed E-state index contributed by atoms with van der Waals surface area (Å²) in [6, 6.07) is 2.11. The summed E-state index contributed by atoms with van der Waals surface area (Å²) < 4.78 is 0. The van der Waals surface area contributed by atoms with Crippen molar-refractivity contribution in [2.75, 3.05) is 12.4 Å². The van der Waals surface area contributed by atoms with E-state index in [0.29, 0.717) is 5.95 Å². The first kappa shape index (κ1) is 13.6. The summed E-state index contributed by atoms with van der Waals surface area (Å²) in [6.07, 6.45) is -0.363. The van der Waals surface area contributed by atoms with Crippen molar-refractivity contribution >= 4 is 39.3 Å². The molecule has 2 unspecified atom stereocenters. The van der Waals surface area contributed by atoms with Crippen molar-refractivity contribution in [3.05, 3.63) is 10.9 Å². The highest BCUT2D eigenvalue weighted by Crippen LogP contribution is 2.34. The molecule has 0 saturated carbocycles. The maximum absolute atomic E-state index is 9.61. The molecular formula is C12H17N3OS2. The van der Waals surface area contributed by atoms with Gasteiger partial charge in [0.2, 0.25) is 5.95 Å². The maximum Gasteiger partial charge on any atom is 0.224 e. The van der Waals surface area contributed by atoms with Crippen molar-refractivity contribution in [2.45, 2.75) is 37.2 Å². The number of hydrogen-bond acceptors (Lipinski definition) is 6. The Morgan fingerprint density at radius 3 is 2.72 bits per heavy atom. The van der Waals surface area contributed by atoms with Gasteiger partial charge < -0.3 is 10.4 Å². The fraction of sp³-hybridized carbons (Fsp3) is 0.500. The molecule has 2 rings (SSSR count). The van der Waals surface area contributed by atoms with Gasteiger partial charge >= 0.3 is 0 Å². The first-order valence-corrected chi connectivity index (χ1v) is 7.51. The molecule has 0 fully saturated rings. The second kappa shape index (κ2) is 5.42. The average Bonchev–Trinajstić information content (AvgIpc) is 2.69. The Balaban J connectivity index is 2.46. The number of aliphatic hydroxyl groups is 1. The SMILES string of the molecule is CNc1nc(SC(C)C(C)O)c2cc(C)sc2n1. The number of aromatic nitrogens is 2. The Kier molecular flexibility index (Phi) is 4.09. The van der Waals surface area contributed by atoms with E-state index in [2.05, 4.69) is 28.3 Å². The minimum absolute atomic E-state index is 0.105. The molecule has 2 atom stereocenters. The van der Waals surface area contributed by atoms with Crippen LogP contribution in [0.5, 0.6) is 0 Å². The fourth-order valence-electron chi connectivity index (χ4n) is 1.49. The van der Waals surface area contributed by atoms with Crippen LogP contribution < -0.4 is 5.32 Å². The van der Waals surface area contributed by atoms with Gasteiger partial charge in [0, 0.05) is 22.6 Å². The number of anilines is 1. The molecule has 2 aromatic rings. The Morgan fingerprint density at radius 1 is 1.39 bits per heavy atom. The van der Waals surface area contributed by atoms with Gasteiger partial charge in [-0.2, -0.15) is 0 Å². The lowest BCUT2D eigenvalue weighted by molar-refractivity contribution is 0.196. The second-order valence-electron chi connectivity index (χ2n) is 4.24. The van der Waals surface area contributed by atoms with Gasteiger partial charge in [-0.1, -0.05) is 18.7 Å². The van der Waals surface area contributed by atoms with Crippen molar-refractivity contribution in [1.29, 1.82) is 0 Å². The third-order valence-corrected chi connectivity index (χ3v) is 4.93. The van der Waals surface area contributed by atoms with E-state index >= 15 is 0 Å². The van der Waals surface area contributed by atoms with Gasteiger partial charge in [0.25, 0.3) is 0 Å². The van der Waals surface area contributed by atoms with E-state index in [0.717, 1.165) is 15.2 Å². The van der Waals surface area contributed by atoms with Crippen LogP contribution in [0.3, 0.4) is 0 Å². The van der Waals surface area contributed by atoms with Crippen LogP contribution in [0.15, 0.2) is 11.1 Å². The van der Waals surface area contributed by atoms with Crippen LogP contribution in [0.2, 0.25) is 0 Å². The minimum Gasteiger partial charge on any atom is -0.392 e. The minimum atomic E-state index is -0.363. The summed E-state index contributed by atoms with van der Waals surface area (Å²) in [7, 11) is 1.81. The number of hydrogen-bond donors (Lipinski definition) is 2. The van der Waals surface area contributed by atoms with Crippen LogP contribution in [0, 0.1) is 6.92 Å². The molecule has 0 amide bonds. The van der Waals surface area contributed by atoms with Crippen molar-refractivity contribution in [2.24, 2.45) is 0 Å². The normalized spacial score (nSPS) is 14.7. The molecular weight excluding hydrogens is 266 g/mol. The van der Waals surface area contributed by atoms with Gasteiger partial charge in [0.05, 0.1) is 6.10 Å². The molecule has 0 aliphatic carbocycles. The Hall–Kier alpha value is -0.850. The number of aryl methyl sites for hydroxylation is 1. The van der Waals surface area contributed by atoms with Gasteiger partial charge in [-0.25, -0.2) is 9.97 Å². The van der Waals surface area contributed by atoms with Gasteiger partial charge in [-0.3, -0.25) is 0 Å². The lowest BCUT2D eigenvalue weighted by atomic mass is 10.3. The summed E-state index contributed by atoms with van der Waals surface area (Å²) >= 11 is 3.25. The van der Waals surface area contributed by atoms with E-state index in [1.165, 1.54) is 4.88 Å². The number of fused-ring (bicyclic) bond motifs is 1. The first-order valence-electron chi connectivity index (χ1n) is 5.82. The summed E-state index contributed by atoms with van der Waals surface area (Å²) in [6.45, 7) is 5.87. The Labute approximate surface area is 115 Å². The summed E-state index contributed by atoms with van der Waals surface area (Å²) in [5.74, 6) is 0.629. The van der Waals surface area contributed by atoms with E-state index in [9.17, 15) is 5.11 Å². The fourth-order valence-corrected chi connectivity index (χ4v) is 3.41. The Bertz CT molecular complexity index is 553. The zero-order chi connectivity index (χ0) is 13.3. The second-order valence-corrected chi connectivity index (χ2v) is 6.84. The molecule has 98 valence electrons. The zero-order valence-electron chi connectivity index (χ0n) is 10.9. The van der Waals surface area contributed by atoms with Crippen LogP contribution in [-0.4, -0.2) is 33.5 Å². The van der Waals surface area contributed by atoms with Gasteiger partial charge in [0.1, 0.15) is 9.86 Å². The largest absolute Gasteiger partial charge is 0.392 e. The summed E-state index contributed by atoms with van der Waals surface area (Å²) in [5, 5.41) is 14.7. The number of thiophene rings is 1. The topological polar surface area (TPSA) is 58.0 Å². The molecule has 2 heterocycles. The standard InChI is InChI=1S/C12H17N3OS2/c1-6-5-9-10(17-6)14-12(13-4)15-11(9)18-8(3)7(2)16/h5,7-8,16H,1-4H3,(H,13,14,15). The lowest BCUT2D eigenvalue weighted by Gasteiger charge is -2.14. The predicted octanol–water partition coefficient (Wildman–Crippen LogP) is 2.90. The van der Waals surface area contributed by atoms with Crippen LogP contribution >= 0.6 is 23.1 Å². The number of nitrogens with one attached hydrogen (secondary N) is 1. The van der Waals surface area contributed by atoms with Crippen molar-refractivity contribution in [3.8, 4) is 0 Å². The highest BCUT2D eigenvalue weighted by Gasteiger charge is 2.16. The third kappa shape index (κ3) is 2.76. The average molecular weight is 283 g/mol. The monoisotopic (exact) mass is 283 g/mol. The smallest absolute Gasteiger partial charge is 0.224 e. The van der Waals surface area contributed by atoms with Crippen molar-refractivity contribution < 1.29 is 5.11 Å². The molecule has 6 heteroatoms. The molecule has 0 bridgehead atoms. The summed E-state index contributed by atoms with van der Waals surface area (Å²) in [5.41, 5.74) is 0. The number of rotatable bonds is 4. The molecule has 2 aromatic heterocycles. The molecule has 0 spiro atoms. The molecule has 0 radical (unpaired) electrons. The molecule has 0 aromatic carbocycles. The van der Waals surface area contributed by atoms with Gasteiger partial charge in [-0.05, 0) is 19.9 Å². The quantitative estimate of drug-likeness (QED) is 0.667. The van der Waals surface area contributed by atoms with Crippen LogP contribution in [-0.2, 0) is 0 Å². The molecule has 0 saturated heterocycles. The van der Waals surface area contributed by atoms with Crippen molar-refractivity contribution in [1.82, 2.24) is 9.97 Å². The first-order chi connectivity index (χ1) is 8.51. The third-order valence-electron chi connectivity index (χ3n) is 2.68. The van der Waals surface area contributed by atoms with Gasteiger partial charge in [0.15, 0.2) is 0 Å². The van der Waals surface area contributed by atoms with E-state index in [1.54, 1.807) is 30.0 Å². The predicted molar refractivity (Wildman–Crippen MR) is 78.7 cm³/mol. The number of nitrogens with zero attached hydrogens (tertiary/aromatic N) is 2. The summed E-state index contributed by atoms with van der Waals surface area (Å²) in [4.78, 5) is 11.2. The molecule has 0 aliphatic heterocycles. The maximum atomic E-state index is 9.61. The van der Waals surface area contributed by atoms with Crippen LogP contribution in [0.1, 0.15) is 18.7 Å². The Morgan fingerprint density at radius 2 is 2.11 bits per heavy atom. The van der Waals surface area contributed by atoms with Crippen LogP contribution in [0.25, 0.3) is 10.2 Å². The van der Waals surface area contributed by atoms with Crippen molar-refractivity contribution in [3.63, 3.8) is 0 Å². The molecule has 0 aliphatic rings. The van der Waals surface area contributed by atoms with E-state index in [1.807, 2.05) is 14.0 Å². The van der Waals surface area contributed by atoms with Crippen LogP contribution in [0.4, 0.5) is 5.95 Å². The number of aliphatic hydroxyl groups excluding tert-OH is 1. The van der Waals surface area contributed by atoms with E-state index in [4.69, 9.17) is 0 Å². The highest BCUT2D eigenvalue weighted by atomic mass is 32.2. The van der Waals surface area contributed by atoms with E-state index < -0.39 is 0 Å². The zero-order valence-corrected chi connectivity index (χ0v) is 12.5. The highest BCUT2D eigenvalue weighted by molar-refractivity contribution is 8.00. The molecule has 4 nitrogen and oxygen atoms in total.